The first-order valence-electron chi connectivity index (χ1n) is 7.02. The zero-order chi connectivity index (χ0) is 16.3. The van der Waals surface area contributed by atoms with Crippen molar-refractivity contribution in [1.82, 2.24) is 0 Å². The van der Waals surface area contributed by atoms with Gasteiger partial charge in [-0.25, -0.2) is 0 Å². The molecule has 2 aromatic carbocycles. The van der Waals surface area contributed by atoms with Gasteiger partial charge in [-0.05, 0) is 54.8 Å². The number of aliphatic hydroxyl groups is 1. The summed E-state index contributed by atoms with van der Waals surface area (Å²) in [6, 6.07) is 11.1. The van der Waals surface area contributed by atoms with E-state index in [1.165, 1.54) is 0 Å². The van der Waals surface area contributed by atoms with E-state index >= 15 is 0 Å². The van der Waals surface area contributed by atoms with Crippen LogP contribution in [0.5, 0.6) is 17.2 Å². The summed E-state index contributed by atoms with van der Waals surface area (Å²) in [5.74, 6) is 1.98. The molecule has 4 nitrogen and oxygen atoms in total. The van der Waals surface area contributed by atoms with E-state index in [9.17, 15) is 5.11 Å². The molecule has 0 aliphatic carbocycles. The molecule has 0 bridgehead atoms. The summed E-state index contributed by atoms with van der Waals surface area (Å²) in [6.07, 6.45) is 0. The molecule has 0 heterocycles. The van der Waals surface area contributed by atoms with Crippen molar-refractivity contribution in [2.75, 3.05) is 21.3 Å². The lowest BCUT2D eigenvalue weighted by Crippen LogP contribution is -2.23. The molecule has 1 atom stereocenters. The minimum Gasteiger partial charge on any atom is -0.497 e. The molecule has 0 aromatic heterocycles. The average molecular weight is 302 g/mol. The van der Waals surface area contributed by atoms with Gasteiger partial charge in [0.25, 0.3) is 0 Å². The van der Waals surface area contributed by atoms with Crippen molar-refractivity contribution in [3.8, 4) is 17.2 Å². The van der Waals surface area contributed by atoms with Crippen LogP contribution in [0.1, 0.15) is 23.6 Å². The fraction of sp³-hybridized carbons (Fsp3) is 0.333. The molecule has 118 valence electrons. The van der Waals surface area contributed by atoms with E-state index in [2.05, 4.69) is 0 Å². The Morgan fingerprint density at radius 3 is 1.59 bits per heavy atom. The number of aryl methyl sites for hydroxylation is 1. The maximum Gasteiger partial charge on any atom is 0.122 e. The summed E-state index contributed by atoms with van der Waals surface area (Å²) in [5.41, 5.74) is 1.27. The molecule has 1 unspecified atom stereocenters. The molecular weight excluding hydrogens is 280 g/mol. The van der Waals surface area contributed by atoms with Crippen molar-refractivity contribution < 1.29 is 19.3 Å². The number of hydrogen-bond acceptors (Lipinski definition) is 4. The van der Waals surface area contributed by atoms with Gasteiger partial charge in [0.1, 0.15) is 22.8 Å². The Bertz CT molecular complexity index is 640. The van der Waals surface area contributed by atoms with Crippen molar-refractivity contribution in [3.05, 3.63) is 53.1 Å². The van der Waals surface area contributed by atoms with Crippen LogP contribution >= 0.6 is 0 Å². The normalized spacial score (nSPS) is 13.4. The summed E-state index contributed by atoms with van der Waals surface area (Å²) < 4.78 is 15.9. The fourth-order valence-corrected chi connectivity index (χ4v) is 2.40. The molecule has 0 amide bonds. The number of methoxy groups -OCH3 is 3. The van der Waals surface area contributed by atoms with E-state index < -0.39 is 5.60 Å². The zero-order valence-electron chi connectivity index (χ0n) is 13.6. The molecule has 0 saturated carbocycles. The van der Waals surface area contributed by atoms with E-state index in [1.807, 2.05) is 25.1 Å². The number of ether oxygens (including phenoxy) is 3. The lowest BCUT2D eigenvalue weighted by Gasteiger charge is -2.26. The Labute approximate surface area is 131 Å². The minimum atomic E-state index is -1.19. The molecule has 0 aliphatic heterocycles. The van der Waals surface area contributed by atoms with E-state index in [1.54, 1.807) is 46.5 Å². The van der Waals surface area contributed by atoms with Gasteiger partial charge in [-0.1, -0.05) is 6.07 Å². The highest BCUT2D eigenvalue weighted by Gasteiger charge is 2.28. The van der Waals surface area contributed by atoms with Gasteiger partial charge in [-0.3, -0.25) is 0 Å². The minimum absolute atomic E-state index is 0.634. The molecule has 0 saturated heterocycles. The highest BCUT2D eigenvalue weighted by molar-refractivity contribution is 5.47. The van der Waals surface area contributed by atoms with E-state index in [-0.39, 0.29) is 0 Å². The lowest BCUT2D eigenvalue weighted by molar-refractivity contribution is 0.101. The Kier molecular flexibility index (Phi) is 4.62. The van der Waals surface area contributed by atoms with Gasteiger partial charge < -0.3 is 19.3 Å². The standard InChI is InChI=1S/C18H22O4/c1-12-6-13(8-15(7-12)20-3)18(2,19)14-9-16(21-4)11-17(10-14)22-5/h6-11,19H,1-5H3. The van der Waals surface area contributed by atoms with Crippen LogP contribution in [0, 0.1) is 6.92 Å². The predicted molar refractivity (Wildman–Crippen MR) is 85.9 cm³/mol. The lowest BCUT2D eigenvalue weighted by atomic mass is 9.87. The van der Waals surface area contributed by atoms with Gasteiger partial charge in [-0.15, -0.1) is 0 Å². The second-order valence-corrected chi connectivity index (χ2v) is 5.41. The summed E-state index contributed by atoms with van der Waals surface area (Å²) in [6.45, 7) is 3.71. The Hall–Kier alpha value is -2.20. The summed E-state index contributed by atoms with van der Waals surface area (Å²) >= 11 is 0. The smallest absolute Gasteiger partial charge is 0.122 e. The van der Waals surface area contributed by atoms with Gasteiger partial charge in [-0.2, -0.15) is 0 Å². The molecule has 0 fully saturated rings. The zero-order valence-corrected chi connectivity index (χ0v) is 13.6. The van der Waals surface area contributed by atoms with E-state index in [0.29, 0.717) is 22.8 Å². The van der Waals surface area contributed by atoms with Gasteiger partial charge in [0, 0.05) is 6.07 Å². The summed E-state index contributed by atoms with van der Waals surface area (Å²) in [4.78, 5) is 0. The highest BCUT2D eigenvalue weighted by atomic mass is 16.5. The summed E-state index contributed by atoms with van der Waals surface area (Å²) in [7, 11) is 4.79. The van der Waals surface area contributed by atoms with Crippen LogP contribution in [0.15, 0.2) is 36.4 Å². The molecular formula is C18H22O4. The maximum atomic E-state index is 11.1. The van der Waals surface area contributed by atoms with Crippen molar-refractivity contribution in [2.45, 2.75) is 19.4 Å². The van der Waals surface area contributed by atoms with Gasteiger partial charge in [0.05, 0.1) is 21.3 Å². The number of rotatable bonds is 5. The highest BCUT2D eigenvalue weighted by Crippen LogP contribution is 2.36. The predicted octanol–water partition coefficient (Wildman–Crippen LogP) is 3.28. The third-order valence-electron chi connectivity index (χ3n) is 3.76. The van der Waals surface area contributed by atoms with Crippen LogP contribution in [0.2, 0.25) is 0 Å². The Morgan fingerprint density at radius 1 is 0.727 bits per heavy atom. The van der Waals surface area contributed by atoms with Crippen LogP contribution in [0.4, 0.5) is 0 Å². The maximum absolute atomic E-state index is 11.1. The molecule has 2 rings (SSSR count). The van der Waals surface area contributed by atoms with Crippen molar-refractivity contribution in [2.24, 2.45) is 0 Å². The molecule has 22 heavy (non-hydrogen) atoms. The van der Waals surface area contributed by atoms with Crippen molar-refractivity contribution in [1.29, 1.82) is 0 Å². The van der Waals surface area contributed by atoms with Crippen molar-refractivity contribution in [3.63, 3.8) is 0 Å². The quantitative estimate of drug-likeness (QED) is 0.921. The Morgan fingerprint density at radius 2 is 1.14 bits per heavy atom. The molecule has 4 heteroatoms. The molecule has 1 N–H and O–H groups in total. The van der Waals surface area contributed by atoms with Crippen LogP contribution in [-0.2, 0) is 5.60 Å². The first-order valence-corrected chi connectivity index (χ1v) is 7.02. The monoisotopic (exact) mass is 302 g/mol. The van der Waals surface area contributed by atoms with Gasteiger partial charge in [0.2, 0.25) is 0 Å². The molecule has 0 radical (unpaired) electrons. The van der Waals surface area contributed by atoms with Crippen LogP contribution < -0.4 is 14.2 Å². The number of benzene rings is 2. The summed E-state index contributed by atoms with van der Waals surface area (Å²) in [5, 5.41) is 11.1. The van der Waals surface area contributed by atoms with Crippen LogP contribution in [-0.4, -0.2) is 26.4 Å². The fourth-order valence-electron chi connectivity index (χ4n) is 2.40. The first kappa shape index (κ1) is 16.2. The van der Waals surface area contributed by atoms with Crippen LogP contribution in [0.25, 0.3) is 0 Å². The molecule has 0 aliphatic rings. The molecule has 0 spiro atoms. The largest absolute Gasteiger partial charge is 0.497 e. The Balaban J connectivity index is 2.56. The number of hydrogen-bond donors (Lipinski definition) is 1. The van der Waals surface area contributed by atoms with Gasteiger partial charge in [0.15, 0.2) is 0 Å². The molecule has 2 aromatic rings. The average Bonchev–Trinajstić information content (AvgIpc) is 2.53. The third-order valence-corrected chi connectivity index (χ3v) is 3.76. The second kappa shape index (κ2) is 6.28. The SMILES string of the molecule is COc1cc(C)cc(C(C)(O)c2cc(OC)cc(OC)c2)c1. The van der Waals surface area contributed by atoms with Crippen molar-refractivity contribution >= 4 is 0 Å². The van der Waals surface area contributed by atoms with Crippen LogP contribution in [0.3, 0.4) is 0 Å². The van der Waals surface area contributed by atoms with E-state index in [0.717, 1.165) is 11.1 Å². The van der Waals surface area contributed by atoms with E-state index in [4.69, 9.17) is 14.2 Å². The third kappa shape index (κ3) is 3.17. The topological polar surface area (TPSA) is 47.9 Å². The van der Waals surface area contributed by atoms with Gasteiger partial charge >= 0.3 is 0 Å². The second-order valence-electron chi connectivity index (χ2n) is 5.41. The first-order chi connectivity index (χ1) is 10.4.